The van der Waals surface area contributed by atoms with Gasteiger partial charge in [0.25, 0.3) is 0 Å². The Balaban J connectivity index is 0.000000396. The van der Waals surface area contributed by atoms with Crippen LogP contribution in [0.5, 0.6) is 0 Å². The zero-order chi connectivity index (χ0) is 16.1. The average molecular weight is 347 g/mol. The van der Waals surface area contributed by atoms with Crippen LogP contribution in [0.3, 0.4) is 0 Å². The second kappa shape index (κ2) is 6.81. The molecular formula is C15H12BrN3O2. The van der Waals surface area contributed by atoms with E-state index in [-0.39, 0.29) is 6.30 Å². The molecule has 0 aliphatic heterocycles. The van der Waals surface area contributed by atoms with Crippen LogP contribution in [0.25, 0.3) is 22.2 Å². The highest BCUT2D eigenvalue weighted by Gasteiger charge is 2.05. The number of amides is 1. The van der Waals surface area contributed by atoms with E-state index < -0.39 is 6.09 Å². The zero-order valence-electron chi connectivity index (χ0n) is 11.8. The van der Waals surface area contributed by atoms with Crippen LogP contribution in [-0.4, -0.2) is 21.2 Å². The van der Waals surface area contributed by atoms with Gasteiger partial charge in [-0.25, -0.2) is 14.8 Å². The lowest BCUT2D eigenvalue weighted by Gasteiger charge is -2.05. The molecule has 3 aromatic rings. The predicted molar refractivity (Wildman–Crippen MR) is 84.9 cm³/mol. The molecule has 1 aromatic heterocycles. The van der Waals surface area contributed by atoms with Crippen molar-refractivity contribution < 1.29 is 11.3 Å². The first kappa shape index (κ1) is 13.5. The summed E-state index contributed by atoms with van der Waals surface area (Å²) in [5.41, 5.74) is 6.61. The third kappa shape index (κ3) is 4.00. The van der Waals surface area contributed by atoms with Crippen molar-refractivity contribution in [1.82, 2.24) is 9.97 Å². The first-order valence-corrected chi connectivity index (χ1v) is 6.74. The van der Waals surface area contributed by atoms with Gasteiger partial charge in [0, 0.05) is 15.4 Å². The molecule has 21 heavy (non-hydrogen) atoms. The Bertz CT molecular complexity index is 803. The van der Waals surface area contributed by atoms with Crippen LogP contribution >= 0.6 is 15.9 Å². The molecule has 0 saturated carbocycles. The van der Waals surface area contributed by atoms with Gasteiger partial charge in [-0.15, -0.1) is 0 Å². The Hall–Kier alpha value is -2.47. The number of primary amides is 1. The largest absolute Gasteiger partial charge is 0.465 e. The maximum absolute atomic E-state index is 8.78. The van der Waals surface area contributed by atoms with E-state index in [4.69, 9.17) is 11.3 Å². The third-order valence-electron chi connectivity index (χ3n) is 2.59. The summed E-state index contributed by atoms with van der Waals surface area (Å²) in [5, 5.41) is 8.15. The van der Waals surface area contributed by atoms with E-state index in [9.17, 15) is 0 Å². The second-order valence-corrected chi connectivity index (χ2v) is 4.95. The first-order chi connectivity index (χ1) is 10.5. The maximum atomic E-state index is 8.78. The van der Waals surface area contributed by atoms with Crippen molar-refractivity contribution in [1.29, 1.82) is 0 Å². The summed E-state index contributed by atoms with van der Waals surface area (Å²) in [7, 11) is 0. The number of carbonyl (C=O) groups is 1. The number of halogens is 1. The highest BCUT2D eigenvalue weighted by Crippen LogP contribution is 2.26. The van der Waals surface area contributed by atoms with Crippen molar-refractivity contribution in [2.45, 2.75) is 0 Å². The lowest BCUT2D eigenvalue weighted by molar-refractivity contribution is 0.205. The van der Waals surface area contributed by atoms with Crippen LogP contribution < -0.4 is 5.73 Å². The molecule has 3 N–H and O–H groups in total. The van der Waals surface area contributed by atoms with Crippen molar-refractivity contribution in [3.63, 3.8) is 0 Å². The van der Waals surface area contributed by atoms with Gasteiger partial charge < -0.3 is 10.8 Å². The Morgan fingerprint density at radius 1 is 1.19 bits per heavy atom. The number of rotatable bonds is 1. The molecule has 0 bridgehead atoms. The van der Waals surface area contributed by atoms with Gasteiger partial charge in [0.05, 0.1) is 11.2 Å². The summed E-state index contributed by atoms with van der Waals surface area (Å²) >= 11 is 3.42. The van der Waals surface area contributed by atoms with Gasteiger partial charge in [-0.2, -0.15) is 0 Å². The van der Waals surface area contributed by atoms with E-state index in [0.29, 0.717) is 0 Å². The molecule has 2 aromatic carbocycles. The van der Waals surface area contributed by atoms with Crippen LogP contribution in [-0.2, 0) is 0 Å². The highest BCUT2D eigenvalue weighted by atomic mass is 79.9. The van der Waals surface area contributed by atoms with E-state index in [1.807, 2.05) is 48.5 Å². The van der Waals surface area contributed by atoms with Gasteiger partial charge in [0.2, 0.25) is 0 Å². The van der Waals surface area contributed by atoms with E-state index in [1.54, 1.807) is 0 Å². The Morgan fingerprint density at radius 3 is 2.52 bits per heavy atom. The molecule has 0 fully saturated rings. The molecular weight excluding hydrogens is 334 g/mol. The van der Waals surface area contributed by atoms with Crippen LogP contribution in [0, 0.1) is 0 Å². The average Bonchev–Trinajstić information content (AvgIpc) is 2.46. The van der Waals surface area contributed by atoms with Crippen molar-refractivity contribution >= 4 is 32.9 Å². The van der Waals surface area contributed by atoms with E-state index in [1.165, 1.54) is 0 Å². The van der Waals surface area contributed by atoms with Gasteiger partial charge in [0.1, 0.15) is 7.67 Å². The van der Waals surface area contributed by atoms with Crippen molar-refractivity contribution in [2.24, 2.45) is 5.73 Å². The summed E-state index contributed by atoms with van der Waals surface area (Å²) < 4.78 is 8.65. The van der Waals surface area contributed by atoms with Gasteiger partial charge in [-0.05, 0) is 18.2 Å². The quantitative estimate of drug-likeness (QED) is 0.703. The highest BCUT2D eigenvalue weighted by molar-refractivity contribution is 9.10. The standard InChI is InChI=1S/C14H9BrN2.CH3NO2/c15-11-6-7-12-13(8-11)16-9-17-14(12)10-4-2-1-3-5-10;2-1(3)4/h1-9H;2H2,(H,3,4)/i9D;. The van der Waals surface area contributed by atoms with Crippen LogP contribution in [0.4, 0.5) is 4.79 Å². The molecule has 0 spiro atoms. The van der Waals surface area contributed by atoms with E-state index in [2.05, 4.69) is 31.6 Å². The molecule has 0 saturated heterocycles. The zero-order valence-corrected chi connectivity index (χ0v) is 12.4. The summed E-state index contributed by atoms with van der Waals surface area (Å²) in [6.45, 7) is 0. The minimum Gasteiger partial charge on any atom is -0.465 e. The minimum absolute atomic E-state index is 0.0412. The SMILES string of the molecule is NC(=O)O.[2H]c1nc(-c2ccccc2)c2ccc(Br)cc2n1. The fourth-order valence-corrected chi connectivity index (χ4v) is 2.15. The number of hydrogen-bond donors (Lipinski definition) is 2. The lowest BCUT2D eigenvalue weighted by atomic mass is 10.1. The van der Waals surface area contributed by atoms with E-state index >= 15 is 0 Å². The number of benzene rings is 2. The number of carboxylic acid groups (broad SMARTS) is 1. The van der Waals surface area contributed by atoms with Crippen LogP contribution in [0.2, 0.25) is 0 Å². The number of fused-ring (bicyclic) bond motifs is 1. The molecule has 1 heterocycles. The monoisotopic (exact) mass is 346 g/mol. The van der Waals surface area contributed by atoms with E-state index in [0.717, 1.165) is 26.6 Å². The fraction of sp³-hybridized carbons (Fsp3) is 0. The number of aromatic nitrogens is 2. The second-order valence-electron chi connectivity index (χ2n) is 4.04. The Labute approximate surface area is 131 Å². The van der Waals surface area contributed by atoms with Crippen LogP contribution in [0.1, 0.15) is 1.37 Å². The van der Waals surface area contributed by atoms with Gasteiger partial charge in [0.15, 0.2) is 0 Å². The summed E-state index contributed by atoms with van der Waals surface area (Å²) in [4.78, 5) is 17.2. The normalized spacial score (nSPS) is 10.4. The minimum atomic E-state index is -1.33. The number of hydrogen-bond acceptors (Lipinski definition) is 3. The van der Waals surface area contributed by atoms with Gasteiger partial charge >= 0.3 is 6.09 Å². The predicted octanol–water partition coefficient (Wildman–Crippen LogP) is 3.68. The van der Waals surface area contributed by atoms with Crippen LogP contribution in [0.15, 0.2) is 59.3 Å². The Morgan fingerprint density at radius 2 is 1.86 bits per heavy atom. The topological polar surface area (TPSA) is 89.1 Å². The molecule has 0 aliphatic rings. The van der Waals surface area contributed by atoms with Gasteiger partial charge in [-0.3, -0.25) is 0 Å². The van der Waals surface area contributed by atoms with Crippen molar-refractivity contribution in [2.75, 3.05) is 0 Å². The molecule has 6 heteroatoms. The van der Waals surface area contributed by atoms with Crippen molar-refractivity contribution in [3.8, 4) is 11.3 Å². The van der Waals surface area contributed by atoms with Crippen molar-refractivity contribution in [3.05, 3.63) is 59.3 Å². The third-order valence-corrected chi connectivity index (χ3v) is 3.09. The number of nitrogens with two attached hydrogens (primary N) is 1. The molecule has 0 aliphatic carbocycles. The fourth-order valence-electron chi connectivity index (χ4n) is 1.80. The maximum Gasteiger partial charge on any atom is 0.402 e. The molecule has 1 amide bonds. The molecule has 5 nitrogen and oxygen atoms in total. The Kier molecular flexibility index (Phi) is 4.38. The molecule has 0 unspecified atom stereocenters. The summed E-state index contributed by atoms with van der Waals surface area (Å²) in [6.07, 6.45) is -1.29. The summed E-state index contributed by atoms with van der Waals surface area (Å²) in [5.74, 6) is 0. The first-order valence-electron chi connectivity index (χ1n) is 6.45. The number of nitrogens with zero attached hydrogens (tertiary/aromatic N) is 2. The molecule has 0 atom stereocenters. The smallest absolute Gasteiger partial charge is 0.402 e. The summed E-state index contributed by atoms with van der Waals surface area (Å²) in [6, 6.07) is 15.7. The lowest BCUT2D eigenvalue weighted by Crippen LogP contribution is -2.03. The van der Waals surface area contributed by atoms with Gasteiger partial charge in [-0.1, -0.05) is 46.3 Å². The molecule has 3 rings (SSSR count). The molecule has 0 radical (unpaired) electrons. The molecule has 106 valence electrons.